The molecule has 2 saturated heterocycles. The normalized spacial score (nSPS) is 23.6. The van der Waals surface area contributed by atoms with Crippen molar-refractivity contribution >= 4 is 35.5 Å². The largest absolute Gasteiger partial charge is 0.453 e. The maximum Gasteiger partial charge on any atom is 0.407 e. The molecule has 0 spiro atoms. The Morgan fingerprint density at radius 2 is 1.40 bits per heavy atom. The van der Waals surface area contributed by atoms with Crippen molar-refractivity contribution in [1.29, 1.82) is 0 Å². The number of methoxy groups -OCH3 is 1. The molecular weight excluding hydrogens is 763 g/mol. The number of amides is 3. The lowest BCUT2D eigenvalue weighted by Gasteiger charge is -2.30. The van der Waals surface area contributed by atoms with Gasteiger partial charge in [0.05, 0.1) is 43.7 Å². The molecule has 4 aliphatic rings. The molecule has 304 valence electrons. The number of carbonyl (C=O) groups is 3. The summed E-state index contributed by atoms with van der Waals surface area (Å²) in [6.45, 7) is 0. The van der Waals surface area contributed by atoms with E-state index in [1.165, 1.54) is 20.6 Å². The molecule has 3 amide bonds. The van der Waals surface area contributed by atoms with Crippen LogP contribution >= 0.6 is 0 Å². The SMILES string of the molecule is COOC=N[C@@H](C(=O)N1[C@@H]2C[C@@H]2C[C@H]1c1nc2ncc(-c3ccc(-c4cnc([C@@H]5C[C@H]6C[C@H]6N5C(=O)[C@H](NC(=O)OC)c5ccccc5)[nH]4)cc3)cc2[nH]1)c1ccccc1. The van der Waals surface area contributed by atoms with Crippen molar-refractivity contribution in [2.75, 3.05) is 14.2 Å². The minimum atomic E-state index is -0.878. The van der Waals surface area contributed by atoms with Crippen LogP contribution in [0.25, 0.3) is 33.5 Å². The Bertz CT molecular complexity index is 2580. The molecule has 6 aromatic rings. The Hall–Kier alpha value is -6.87. The zero-order chi connectivity index (χ0) is 40.9. The molecule has 0 radical (unpaired) electrons. The number of fused-ring (bicyclic) bond motifs is 3. The average Bonchev–Trinajstić information content (AvgIpc) is 3.91. The fraction of sp³-hybridized carbons (Fsp3) is 0.311. The minimum absolute atomic E-state index is 0.108. The van der Waals surface area contributed by atoms with E-state index in [4.69, 9.17) is 29.5 Å². The summed E-state index contributed by atoms with van der Waals surface area (Å²) in [5.74, 6) is 1.95. The summed E-state index contributed by atoms with van der Waals surface area (Å²) in [6.07, 6.45) is 7.65. The molecule has 8 atom stereocenters. The molecule has 5 heterocycles. The van der Waals surface area contributed by atoms with Gasteiger partial charge in [-0.3, -0.25) is 9.59 Å². The Kier molecular flexibility index (Phi) is 9.59. The van der Waals surface area contributed by atoms with E-state index in [0.29, 0.717) is 34.7 Å². The first-order valence-electron chi connectivity index (χ1n) is 20.2. The Morgan fingerprint density at radius 1 is 0.750 bits per heavy atom. The van der Waals surface area contributed by atoms with Crippen LogP contribution in [0.5, 0.6) is 0 Å². The summed E-state index contributed by atoms with van der Waals surface area (Å²) in [7, 11) is 2.68. The third-order valence-electron chi connectivity index (χ3n) is 12.4. The van der Waals surface area contributed by atoms with Gasteiger partial charge in [0.25, 0.3) is 11.8 Å². The first-order chi connectivity index (χ1) is 29.4. The summed E-state index contributed by atoms with van der Waals surface area (Å²) in [5, 5.41) is 2.75. The lowest BCUT2D eigenvalue weighted by molar-refractivity contribution is -0.188. The van der Waals surface area contributed by atoms with E-state index in [1.54, 1.807) is 6.20 Å². The topological polar surface area (TPSA) is 180 Å². The number of aromatic amines is 2. The zero-order valence-corrected chi connectivity index (χ0v) is 33.0. The van der Waals surface area contributed by atoms with E-state index >= 15 is 0 Å². The van der Waals surface area contributed by atoms with Crippen LogP contribution in [0.3, 0.4) is 0 Å². The number of nitrogens with zero attached hydrogens (tertiary/aromatic N) is 6. The minimum Gasteiger partial charge on any atom is -0.453 e. The molecule has 2 aliphatic carbocycles. The number of alkyl carbamates (subject to hydrolysis) is 1. The van der Waals surface area contributed by atoms with Crippen LogP contribution in [0, 0.1) is 11.8 Å². The molecular formula is C45H43N9O6. The Morgan fingerprint density at radius 3 is 2.08 bits per heavy atom. The molecule has 10 rings (SSSR count). The standard InChI is InChI=1S/C45H43N9O6/c1-58-45(57)51-39(28-11-7-4-8-12-28)44(56)53-34-18-29(34)20-36(53)41-47-23-33(50-41)26-15-13-25(14-16-26)31-17-32-40(46-22-31)52-42(49-32)37-21-30-19-35(30)54(37)43(55)38(48-24-60-59-2)27-9-5-3-6-10-27/h3-17,22-24,29-30,34-39H,18-21H2,1-2H3,(H,47,50)(H,51,57)(H,46,49,52)/t29-,30-,34-,35-,36+,37+,38-,39-/m1/s1. The van der Waals surface area contributed by atoms with Crippen LogP contribution in [-0.2, 0) is 24.1 Å². The van der Waals surface area contributed by atoms with E-state index < -0.39 is 18.2 Å². The molecule has 2 saturated carbocycles. The average molecular weight is 806 g/mol. The van der Waals surface area contributed by atoms with Crippen LogP contribution in [0.1, 0.15) is 72.6 Å². The quantitative estimate of drug-likeness (QED) is 0.0520. The fourth-order valence-electron chi connectivity index (χ4n) is 9.22. The maximum atomic E-state index is 14.2. The number of benzene rings is 3. The van der Waals surface area contributed by atoms with Gasteiger partial charge in [0.2, 0.25) is 6.40 Å². The van der Waals surface area contributed by atoms with Crippen molar-refractivity contribution < 1.29 is 28.9 Å². The van der Waals surface area contributed by atoms with Crippen molar-refractivity contribution in [3.8, 4) is 22.4 Å². The summed E-state index contributed by atoms with van der Waals surface area (Å²) >= 11 is 0. The highest BCUT2D eigenvalue weighted by Crippen LogP contribution is 2.55. The molecule has 3 aromatic carbocycles. The third kappa shape index (κ3) is 6.93. The number of piperidine rings is 2. The van der Waals surface area contributed by atoms with E-state index in [0.717, 1.165) is 59.1 Å². The number of nitrogens with one attached hydrogen (secondary N) is 3. The second kappa shape index (κ2) is 15.4. The monoisotopic (exact) mass is 805 g/mol. The number of rotatable bonds is 12. The van der Waals surface area contributed by atoms with Crippen molar-refractivity contribution in [3.05, 3.63) is 126 Å². The van der Waals surface area contributed by atoms with Crippen LogP contribution in [0.2, 0.25) is 0 Å². The van der Waals surface area contributed by atoms with Crippen LogP contribution in [-0.4, -0.2) is 85.3 Å². The number of H-pyrrole nitrogens is 2. The molecule has 15 heteroatoms. The third-order valence-corrected chi connectivity index (χ3v) is 12.4. The van der Waals surface area contributed by atoms with Crippen molar-refractivity contribution in [1.82, 2.24) is 40.0 Å². The van der Waals surface area contributed by atoms with Crippen LogP contribution in [0.15, 0.2) is 108 Å². The molecule has 60 heavy (non-hydrogen) atoms. The maximum absolute atomic E-state index is 14.2. The van der Waals surface area contributed by atoms with Crippen molar-refractivity contribution in [2.45, 2.75) is 61.9 Å². The number of likely N-dealkylation sites (tertiary alicyclic amines) is 2. The van der Waals surface area contributed by atoms with Gasteiger partial charge in [0, 0.05) is 23.8 Å². The molecule has 15 nitrogen and oxygen atoms in total. The number of aliphatic imine (C=N–C) groups is 1. The molecule has 3 aromatic heterocycles. The number of imidazole rings is 2. The second-order valence-electron chi connectivity index (χ2n) is 15.9. The smallest absolute Gasteiger partial charge is 0.407 e. The van der Waals surface area contributed by atoms with Gasteiger partial charge in [0.1, 0.15) is 17.7 Å². The second-order valence-corrected chi connectivity index (χ2v) is 15.9. The van der Waals surface area contributed by atoms with E-state index in [2.05, 4.69) is 20.3 Å². The summed E-state index contributed by atoms with van der Waals surface area (Å²) in [5.41, 5.74) is 6.51. The van der Waals surface area contributed by atoms with E-state index in [9.17, 15) is 14.4 Å². The number of hydrogen-bond donors (Lipinski definition) is 3. The summed E-state index contributed by atoms with van der Waals surface area (Å²) in [4.78, 5) is 79.9. The van der Waals surface area contributed by atoms with Crippen molar-refractivity contribution in [2.24, 2.45) is 16.8 Å². The fourth-order valence-corrected chi connectivity index (χ4v) is 9.22. The Labute approximate surface area is 345 Å². The van der Waals surface area contributed by atoms with Crippen LogP contribution < -0.4 is 5.32 Å². The Balaban J connectivity index is 0.857. The highest BCUT2D eigenvalue weighted by molar-refractivity contribution is 5.88. The van der Waals surface area contributed by atoms with E-state index in [1.807, 2.05) is 107 Å². The van der Waals surface area contributed by atoms with Gasteiger partial charge in [-0.1, -0.05) is 84.9 Å². The number of carbonyl (C=O) groups excluding carboxylic acids is 3. The van der Waals surface area contributed by atoms with Gasteiger partial charge >= 0.3 is 6.09 Å². The molecule has 2 aliphatic heterocycles. The number of hydrogen-bond acceptors (Lipinski definition) is 10. The van der Waals surface area contributed by atoms with Crippen molar-refractivity contribution in [3.63, 3.8) is 0 Å². The zero-order valence-electron chi connectivity index (χ0n) is 33.0. The molecule has 3 N–H and O–H groups in total. The molecule has 4 fully saturated rings. The van der Waals surface area contributed by atoms with Gasteiger partial charge in [-0.2, -0.15) is 4.89 Å². The van der Waals surface area contributed by atoms with E-state index in [-0.39, 0.29) is 36.0 Å². The number of aromatic nitrogens is 5. The summed E-state index contributed by atoms with van der Waals surface area (Å²) in [6, 6.07) is 27.0. The van der Waals surface area contributed by atoms with Crippen LogP contribution in [0.4, 0.5) is 4.79 Å². The lowest BCUT2D eigenvalue weighted by atomic mass is 10.0. The molecule has 0 bridgehead atoms. The lowest BCUT2D eigenvalue weighted by Crippen LogP contribution is -2.44. The number of pyridine rings is 1. The van der Waals surface area contributed by atoms with Gasteiger partial charge in [0.15, 0.2) is 11.7 Å². The summed E-state index contributed by atoms with van der Waals surface area (Å²) < 4.78 is 4.87. The highest BCUT2D eigenvalue weighted by Gasteiger charge is 2.57. The predicted molar refractivity (Wildman–Crippen MR) is 220 cm³/mol. The molecule has 0 unspecified atom stereocenters. The van der Waals surface area contributed by atoms with Gasteiger partial charge in [-0.25, -0.2) is 24.7 Å². The predicted octanol–water partition coefficient (Wildman–Crippen LogP) is 6.78. The first kappa shape index (κ1) is 37.4. The van der Waals surface area contributed by atoms with Gasteiger partial charge in [-0.15, -0.1) is 0 Å². The van der Waals surface area contributed by atoms with Gasteiger partial charge < -0.3 is 34.7 Å². The number of ether oxygens (including phenoxy) is 1. The van der Waals surface area contributed by atoms with Gasteiger partial charge in [-0.05, 0) is 65.8 Å². The highest BCUT2D eigenvalue weighted by atomic mass is 17.2. The first-order valence-corrected chi connectivity index (χ1v) is 20.2.